The lowest BCUT2D eigenvalue weighted by Crippen LogP contribution is -2.27. The smallest absolute Gasteiger partial charge is 0.295 e. The number of fused-ring (bicyclic) bond motifs is 1. The Morgan fingerprint density at radius 3 is 2.12 bits per heavy atom. The summed E-state index contributed by atoms with van der Waals surface area (Å²) in [5.41, 5.74) is 0.618. The molecule has 0 unspecified atom stereocenters. The van der Waals surface area contributed by atoms with E-state index in [2.05, 4.69) is 0 Å². The highest BCUT2D eigenvalue weighted by Gasteiger charge is 2.34. The fraction of sp³-hybridized carbons (Fsp3) is 0.105. The van der Waals surface area contributed by atoms with E-state index in [9.17, 15) is 29.8 Å². The summed E-state index contributed by atoms with van der Waals surface area (Å²) in [7, 11) is 3.07. The number of rotatable bonds is 4. The average Bonchev–Trinajstić information content (AvgIpc) is 3.14. The van der Waals surface area contributed by atoms with Gasteiger partial charge in [0.1, 0.15) is 0 Å². The maximum atomic E-state index is 13.0. The Morgan fingerprint density at radius 1 is 0.969 bits per heavy atom. The molecule has 162 valence electrons. The number of aryl methyl sites for hydroxylation is 2. The van der Waals surface area contributed by atoms with Crippen molar-refractivity contribution in [2.24, 2.45) is 14.1 Å². The minimum atomic E-state index is -0.584. The minimum absolute atomic E-state index is 0.132. The molecule has 1 amide bonds. The van der Waals surface area contributed by atoms with E-state index in [0.717, 1.165) is 11.8 Å². The number of aromatic nitrogens is 2. The number of amides is 1. The predicted octanol–water partition coefficient (Wildman–Crippen LogP) is 3.10. The lowest BCUT2D eigenvalue weighted by atomic mass is 10.1. The number of thioether (sulfide) groups is 1. The molecule has 13 heteroatoms. The molecule has 4 rings (SSSR count). The molecule has 1 fully saturated rings. The Morgan fingerprint density at radius 2 is 1.56 bits per heavy atom. The summed E-state index contributed by atoms with van der Waals surface area (Å²) in [4.78, 5) is 47.9. The average molecular weight is 471 g/mol. The minimum Gasteiger partial charge on any atom is -0.295 e. The maximum Gasteiger partial charge on any atom is 0.328 e. The van der Waals surface area contributed by atoms with Gasteiger partial charge in [-0.1, -0.05) is 24.0 Å². The molecule has 1 aromatic heterocycles. The van der Waals surface area contributed by atoms with Crippen LogP contribution in [0.15, 0.2) is 46.1 Å². The summed E-state index contributed by atoms with van der Waals surface area (Å²) < 4.78 is 2.85. The van der Waals surface area contributed by atoms with Crippen molar-refractivity contribution < 1.29 is 14.6 Å². The Kier molecular flexibility index (Phi) is 5.14. The van der Waals surface area contributed by atoms with Crippen LogP contribution < -0.4 is 10.6 Å². The van der Waals surface area contributed by atoms with Crippen molar-refractivity contribution in [3.63, 3.8) is 0 Å². The van der Waals surface area contributed by atoms with Gasteiger partial charge in [0.15, 0.2) is 4.32 Å². The molecule has 1 saturated heterocycles. The topological polar surface area (TPSA) is 134 Å². The van der Waals surface area contributed by atoms with E-state index >= 15 is 0 Å². The van der Waals surface area contributed by atoms with E-state index in [0.29, 0.717) is 16.7 Å². The molecule has 0 spiro atoms. The number of imidazole rings is 1. The van der Waals surface area contributed by atoms with Crippen LogP contribution in [0, 0.1) is 20.2 Å². The van der Waals surface area contributed by atoms with E-state index in [1.54, 1.807) is 7.05 Å². The van der Waals surface area contributed by atoms with Crippen LogP contribution in [0.4, 0.5) is 17.1 Å². The zero-order valence-corrected chi connectivity index (χ0v) is 18.2. The Hall–Kier alpha value is -3.84. The van der Waals surface area contributed by atoms with Crippen molar-refractivity contribution in [3.8, 4) is 0 Å². The van der Waals surface area contributed by atoms with E-state index in [-0.39, 0.29) is 31.9 Å². The van der Waals surface area contributed by atoms with Crippen LogP contribution in [0.3, 0.4) is 0 Å². The number of nitrogens with zero attached hydrogens (tertiary/aromatic N) is 5. The normalized spacial score (nSPS) is 15.2. The number of carbonyl (C=O) groups is 1. The van der Waals surface area contributed by atoms with Gasteiger partial charge in [0.2, 0.25) is 0 Å². The van der Waals surface area contributed by atoms with Crippen molar-refractivity contribution in [2.75, 3.05) is 4.90 Å². The molecule has 1 aliphatic rings. The highest BCUT2D eigenvalue weighted by Crippen LogP contribution is 2.38. The molecule has 0 saturated carbocycles. The predicted molar refractivity (Wildman–Crippen MR) is 124 cm³/mol. The van der Waals surface area contributed by atoms with Crippen LogP contribution in [0.5, 0.6) is 0 Å². The molecule has 32 heavy (non-hydrogen) atoms. The first kappa shape index (κ1) is 21.4. The molecule has 0 radical (unpaired) electrons. The zero-order valence-electron chi connectivity index (χ0n) is 16.5. The first-order chi connectivity index (χ1) is 15.1. The standard InChI is InChI=1S/C19H13N5O6S2/c1-20-14-7-10(13(24(29)30)9-15(14)21(2)18(20)26)8-16-17(25)22(19(31)32-16)11-3-5-12(6-4-11)23(27)28/h3-9H,1-2H3/b16-8+. The van der Waals surface area contributed by atoms with Crippen molar-refractivity contribution in [3.05, 3.63) is 77.6 Å². The number of non-ortho nitro benzene ring substituents is 1. The highest BCUT2D eigenvalue weighted by molar-refractivity contribution is 8.27. The van der Waals surface area contributed by atoms with Gasteiger partial charge >= 0.3 is 5.69 Å². The number of anilines is 1. The van der Waals surface area contributed by atoms with Gasteiger partial charge in [0.25, 0.3) is 17.3 Å². The van der Waals surface area contributed by atoms with E-state index < -0.39 is 15.8 Å². The molecule has 0 N–H and O–H groups in total. The van der Waals surface area contributed by atoms with Crippen LogP contribution >= 0.6 is 24.0 Å². The van der Waals surface area contributed by atoms with Crippen LogP contribution in [0.1, 0.15) is 5.56 Å². The summed E-state index contributed by atoms with van der Waals surface area (Å²) in [6.07, 6.45) is 1.36. The number of thiocarbonyl (C=S) groups is 1. The third-order valence-electron chi connectivity index (χ3n) is 5.02. The fourth-order valence-electron chi connectivity index (χ4n) is 3.38. The van der Waals surface area contributed by atoms with Crippen LogP contribution in [-0.4, -0.2) is 29.2 Å². The molecule has 0 aliphatic carbocycles. The molecular formula is C19H13N5O6S2. The van der Waals surface area contributed by atoms with E-state index in [1.807, 2.05) is 0 Å². The molecule has 11 nitrogen and oxygen atoms in total. The highest BCUT2D eigenvalue weighted by atomic mass is 32.2. The molecule has 0 atom stereocenters. The molecule has 3 aromatic rings. The van der Waals surface area contributed by atoms with Gasteiger partial charge in [-0.3, -0.25) is 39.1 Å². The number of hydrogen-bond acceptors (Lipinski definition) is 8. The zero-order chi connectivity index (χ0) is 23.3. The summed E-state index contributed by atoms with van der Waals surface area (Å²) in [5, 5.41) is 22.5. The van der Waals surface area contributed by atoms with Gasteiger partial charge in [-0.15, -0.1) is 0 Å². The molecule has 0 bridgehead atoms. The molecular weight excluding hydrogens is 458 g/mol. The maximum absolute atomic E-state index is 13.0. The summed E-state index contributed by atoms with van der Waals surface area (Å²) >= 11 is 6.25. The summed E-state index contributed by atoms with van der Waals surface area (Å²) in [6.45, 7) is 0. The van der Waals surface area contributed by atoms with Crippen LogP contribution in [-0.2, 0) is 18.9 Å². The van der Waals surface area contributed by atoms with Gasteiger partial charge < -0.3 is 0 Å². The van der Waals surface area contributed by atoms with Gasteiger partial charge in [-0.05, 0) is 24.3 Å². The van der Waals surface area contributed by atoms with Crippen LogP contribution in [0.2, 0.25) is 0 Å². The van der Waals surface area contributed by atoms with Gasteiger partial charge in [-0.2, -0.15) is 0 Å². The first-order valence-corrected chi connectivity index (χ1v) is 10.2. The SMILES string of the molecule is Cn1c(=O)n(C)c2cc([N+](=O)[O-])c(/C=C3/SC(=S)N(c4ccc([N+](=O)[O-])cc4)C3=O)cc21. The number of nitro groups is 2. The van der Waals surface area contributed by atoms with Crippen molar-refractivity contribution >= 4 is 68.4 Å². The summed E-state index contributed by atoms with van der Waals surface area (Å²) in [6, 6.07) is 8.09. The van der Waals surface area contributed by atoms with Gasteiger partial charge in [0.05, 0.1) is 37.0 Å². The van der Waals surface area contributed by atoms with Crippen molar-refractivity contribution in [1.82, 2.24) is 9.13 Å². The van der Waals surface area contributed by atoms with E-state index in [1.165, 1.54) is 63.6 Å². The number of nitro benzene ring substituents is 2. The molecule has 1 aliphatic heterocycles. The Labute approximate surface area is 188 Å². The van der Waals surface area contributed by atoms with Gasteiger partial charge in [-0.25, -0.2) is 4.79 Å². The molecule has 2 heterocycles. The second kappa shape index (κ2) is 7.69. The Balaban J connectivity index is 1.79. The van der Waals surface area contributed by atoms with Gasteiger partial charge in [0, 0.05) is 32.3 Å². The second-order valence-electron chi connectivity index (χ2n) is 6.85. The van der Waals surface area contributed by atoms with Crippen molar-refractivity contribution in [1.29, 1.82) is 0 Å². The number of hydrogen-bond donors (Lipinski definition) is 0. The number of carbonyl (C=O) groups excluding carboxylic acids is 1. The fourth-order valence-corrected chi connectivity index (χ4v) is 4.67. The summed E-state index contributed by atoms with van der Waals surface area (Å²) in [5.74, 6) is -0.509. The van der Waals surface area contributed by atoms with E-state index in [4.69, 9.17) is 12.2 Å². The lowest BCUT2D eigenvalue weighted by molar-refractivity contribution is -0.385. The van der Waals surface area contributed by atoms with Crippen molar-refractivity contribution in [2.45, 2.75) is 0 Å². The third kappa shape index (κ3) is 3.36. The molecule has 2 aromatic carbocycles. The largest absolute Gasteiger partial charge is 0.328 e. The first-order valence-electron chi connectivity index (χ1n) is 8.96. The monoisotopic (exact) mass is 471 g/mol. The quantitative estimate of drug-likeness (QED) is 0.245. The third-order valence-corrected chi connectivity index (χ3v) is 6.32. The van der Waals surface area contributed by atoms with Crippen LogP contribution in [0.25, 0.3) is 17.1 Å². The Bertz CT molecular complexity index is 1440. The lowest BCUT2D eigenvalue weighted by Gasteiger charge is -2.13. The number of benzene rings is 2. The second-order valence-corrected chi connectivity index (χ2v) is 8.52.